The van der Waals surface area contributed by atoms with Gasteiger partial charge in [0.25, 0.3) is 0 Å². The molecule has 0 amide bonds. The molecule has 104 valence electrons. The number of para-hydroxylation sites is 2. The lowest BCUT2D eigenvalue weighted by Crippen LogP contribution is -2.26. The molecule has 4 rings (SSSR count). The summed E-state index contributed by atoms with van der Waals surface area (Å²) in [5, 5.41) is 11.0. The van der Waals surface area contributed by atoms with E-state index in [0.717, 1.165) is 27.9 Å². The molecule has 0 aliphatic carbocycles. The Hall–Kier alpha value is -2.55. The SMILES string of the molecule is CC1(C)C(c2c[nH]c3c(O)cccc23)=Nc2ccccc21. The highest BCUT2D eigenvalue weighted by atomic mass is 16.3. The van der Waals surface area contributed by atoms with Crippen LogP contribution in [0.25, 0.3) is 10.9 Å². The molecule has 21 heavy (non-hydrogen) atoms. The number of aromatic amines is 1. The Kier molecular flexibility index (Phi) is 2.31. The second kappa shape index (κ2) is 3.98. The van der Waals surface area contributed by atoms with Crippen LogP contribution in [0.2, 0.25) is 0 Å². The molecule has 2 aromatic carbocycles. The van der Waals surface area contributed by atoms with Crippen molar-refractivity contribution < 1.29 is 5.11 Å². The van der Waals surface area contributed by atoms with Crippen LogP contribution in [0.1, 0.15) is 25.0 Å². The van der Waals surface area contributed by atoms with Crippen LogP contribution in [-0.4, -0.2) is 15.8 Å². The number of H-pyrrole nitrogens is 1. The average Bonchev–Trinajstić information content (AvgIpc) is 3.00. The zero-order valence-electron chi connectivity index (χ0n) is 12.0. The molecule has 0 fully saturated rings. The van der Waals surface area contributed by atoms with Crippen molar-refractivity contribution in [3.05, 3.63) is 59.8 Å². The lowest BCUT2D eigenvalue weighted by Gasteiger charge is -2.22. The highest BCUT2D eigenvalue weighted by Crippen LogP contribution is 2.43. The van der Waals surface area contributed by atoms with E-state index < -0.39 is 0 Å². The van der Waals surface area contributed by atoms with Gasteiger partial charge in [0.05, 0.1) is 16.9 Å². The Morgan fingerprint density at radius 2 is 1.86 bits per heavy atom. The summed E-state index contributed by atoms with van der Waals surface area (Å²) in [7, 11) is 0. The van der Waals surface area contributed by atoms with Crippen LogP contribution in [0.4, 0.5) is 5.69 Å². The third-order valence-corrected chi connectivity index (χ3v) is 4.35. The second-order valence-corrected chi connectivity index (χ2v) is 6.00. The second-order valence-electron chi connectivity index (χ2n) is 6.00. The molecule has 0 radical (unpaired) electrons. The monoisotopic (exact) mass is 276 g/mol. The molecule has 0 saturated heterocycles. The fraction of sp³-hybridized carbons (Fsp3) is 0.167. The number of aliphatic imine (C=N–C) groups is 1. The maximum absolute atomic E-state index is 9.96. The van der Waals surface area contributed by atoms with E-state index in [9.17, 15) is 5.11 Å². The Morgan fingerprint density at radius 3 is 2.67 bits per heavy atom. The molecule has 1 aromatic heterocycles. The summed E-state index contributed by atoms with van der Waals surface area (Å²) in [5.41, 5.74) is 5.00. The molecule has 3 aromatic rings. The normalized spacial score (nSPS) is 16.0. The summed E-state index contributed by atoms with van der Waals surface area (Å²) >= 11 is 0. The summed E-state index contributed by atoms with van der Waals surface area (Å²) in [6, 6.07) is 13.8. The average molecular weight is 276 g/mol. The lowest BCUT2D eigenvalue weighted by molar-refractivity contribution is 0.480. The van der Waals surface area contributed by atoms with E-state index in [0.29, 0.717) is 0 Å². The molecular weight excluding hydrogens is 260 g/mol. The first-order valence-corrected chi connectivity index (χ1v) is 7.07. The zero-order chi connectivity index (χ0) is 14.6. The first kappa shape index (κ1) is 12.2. The van der Waals surface area contributed by atoms with Crippen molar-refractivity contribution in [3.63, 3.8) is 0 Å². The van der Waals surface area contributed by atoms with Gasteiger partial charge in [-0.15, -0.1) is 0 Å². The molecular formula is C18H16N2O. The molecule has 0 saturated carbocycles. The van der Waals surface area contributed by atoms with Crippen molar-refractivity contribution in [2.45, 2.75) is 19.3 Å². The molecule has 2 heterocycles. The number of phenolic OH excluding ortho intramolecular Hbond substituents is 1. The summed E-state index contributed by atoms with van der Waals surface area (Å²) in [5.74, 6) is 0.271. The van der Waals surface area contributed by atoms with Crippen LogP contribution < -0.4 is 0 Å². The first-order chi connectivity index (χ1) is 10.1. The number of fused-ring (bicyclic) bond motifs is 2. The van der Waals surface area contributed by atoms with E-state index in [1.54, 1.807) is 6.07 Å². The Bertz CT molecular complexity index is 887. The van der Waals surface area contributed by atoms with Crippen molar-refractivity contribution >= 4 is 22.3 Å². The topological polar surface area (TPSA) is 48.4 Å². The van der Waals surface area contributed by atoms with Gasteiger partial charge in [-0.3, -0.25) is 4.99 Å². The number of nitrogens with one attached hydrogen (secondary N) is 1. The van der Waals surface area contributed by atoms with Gasteiger partial charge in [0, 0.05) is 22.6 Å². The van der Waals surface area contributed by atoms with Crippen LogP contribution in [0.15, 0.2) is 53.7 Å². The van der Waals surface area contributed by atoms with Crippen LogP contribution in [0, 0.1) is 0 Å². The minimum atomic E-state index is -0.142. The van der Waals surface area contributed by atoms with Gasteiger partial charge in [-0.2, -0.15) is 0 Å². The van der Waals surface area contributed by atoms with Gasteiger partial charge in [0.2, 0.25) is 0 Å². The molecule has 0 bridgehead atoms. The molecule has 3 heteroatoms. The summed E-state index contributed by atoms with van der Waals surface area (Å²) in [6.45, 7) is 4.39. The summed E-state index contributed by atoms with van der Waals surface area (Å²) in [4.78, 5) is 8.01. The zero-order valence-corrected chi connectivity index (χ0v) is 12.0. The summed E-state index contributed by atoms with van der Waals surface area (Å²) in [6.07, 6.45) is 1.94. The van der Waals surface area contributed by atoms with Crippen LogP contribution in [-0.2, 0) is 5.41 Å². The number of aromatic hydroxyl groups is 1. The van der Waals surface area contributed by atoms with E-state index in [1.807, 2.05) is 24.4 Å². The van der Waals surface area contributed by atoms with Gasteiger partial charge in [-0.1, -0.05) is 44.2 Å². The standard InChI is InChI=1S/C18H16N2O/c1-18(2)13-7-3-4-8-14(13)20-17(18)12-10-19-16-11(12)6-5-9-15(16)21/h3-10,19,21H,1-2H3. The maximum Gasteiger partial charge on any atom is 0.139 e. The molecule has 0 spiro atoms. The van der Waals surface area contributed by atoms with E-state index >= 15 is 0 Å². The molecule has 0 unspecified atom stereocenters. The third-order valence-electron chi connectivity index (χ3n) is 4.35. The number of nitrogens with zero attached hydrogens (tertiary/aromatic N) is 1. The molecule has 1 aliphatic rings. The van der Waals surface area contributed by atoms with Gasteiger partial charge < -0.3 is 10.1 Å². The Labute approximate surface area is 123 Å². The lowest BCUT2D eigenvalue weighted by atomic mass is 9.79. The summed E-state index contributed by atoms with van der Waals surface area (Å²) < 4.78 is 0. The molecule has 2 N–H and O–H groups in total. The fourth-order valence-corrected chi connectivity index (χ4v) is 3.22. The van der Waals surface area contributed by atoms with Crippen molar-refractivity contribution in [2.24, 2.45) is 4.99 Å². The quantitative estimate of drug-likeness (QED) is 0.684. The largest absolute Gasteiger partial charge is 0.506 e. The highest BCUT2D eigenvalue weighted by Gasteiger charge is 2.36. The van der Waals surface area contributed by atoms with Crippen LogP contribution in [0.5, 0.6) is 5.75 Å². The minimum Gasteiger partial charge on any atom is -0.506 e. The maximum atomic E-state index is 9.96. The van der Waals surface area contributed by atoms with Crippen molar-refractivity contribution in [1.82, 2.24) is 4.98 Å². The third kappa shape index (κ3) is 1.57. The Morgan fingerprint density at radius 1 is 1.05 bits per heavy atom. The molecule has 3 nitrogen and oxygen atoms in total. The van der Waals surface area contributed by atoms with Gasteiger partial charge in [0.1, 0.15) is 5.75 Å². The van der Waals surface area contributed by atoms with E-state index in [4.69, 9.17) is 4.99 Å². The van der Waals surface area contributed by atoms with Crippen molar-refractivity contribution in [3.8, 4) is 5.75 Å². The van der Waals surface area contributed by atoms with Gasteiger partial charge >= 0.3 is 0 Å². The van der Waals surface area contributed by atoms with Crippen LogP contribution >= 0.6 is 0 Å². The number of aromatic nitrogens is 1. The molecule has 0 atom stereocenters. The van der Waals surface area contributed by atoms with Gasteiger partial charge in [-0.25, -0.2) is 0 Å². The number of hydrogen-bond acceptors (Lipinski definition) is 2. The van der Waals surface area contributed by atoms with Gasteiger partial charge in [0.15, 0.2) is 0 Å². The molecule has 1 aliphatic heterocycles. The number of hydrogen-bond donors (Lipinski definition) is 2. The fourth-order valence-electron chi connectivity index (χ4n) is 3.22. The first-order valence-electron chi connectivity index (χ1n) is 7.07. The Balaban J connectivity index is 1.97. The van der Waals surface area contributed by atoms with E-state index in [-0.39, 0.29) is 11.2 Å². The minimum absolute atomic E-state index is 0.142. The number of rotatable bonds is 1. The number of phenols is 1. The number of benzene rings is 2. The van der Waals surface area contributed by atoms with Gasteiger partial charge in [-0.05, 0) is 17.7 Å². The predicted molar refractivity (Wildman–Crippen MR) is 85.6 cm³/mol. The van der Waals surface area contributed by atoms with E-state index in [2.05, 4.69) is 37.0 Å². The van der Waals surface area contributed by atoms with Crippen molar-refractivity contribution in [2.75, 3.05) is 0 Å². The van der Waals surface area contributed by atoms with E-state index in [1.165, 1.54) is 5.56 Å². The predicted octanol–water partition coefficient (Wildman–Crippen LogP) is 4.29. The van der Waals surface area contributed by atoms with Crippen LogP contribution in [0.3, 0.4) is 0 Å². The smallest absolute Gasteiger partial charge is 0.139 e. The van der Waals surface area contributed by atoms with Crippen molar-refractivity contribution in [1.29, 1.82) is 0 Å². The highest BCUT2D eigenvalue weighted by molar-refractivity contribution is 6.19.